The number of halogens is 3. The zero-order valence-electron chi connectivity index (χ0n) is 17.1. The fraction of sp³-hybridized carbons (Fsp3) is 0.250. The number of alkyl halides is 3. The fourth-order valence-electron chi connectivity index (χ4n) is 3.76. The van der Waals surface area contributed by atoms with Gasteiger partial charge in [-0.25, -0.2) is 0 Å². The predicted molar refractivity (Wildman–Crippen MR) is 113 cm³/mol. The van der Waals surface area contributed by atoms with Crippen molar-refractivity contribution in [3.63, 3.8) is 0 Å². The Labute approximate surface area is 177 Å². The number of methoxy groups -OCH3 is 1. The lowest BCUT2D eigenvalue weighted by Gasteiger charge is -2.22. The van der Waals surface area contributed by atoms with Crippen LogP contribution in [-0.4, -0.2) is 24.2 Å². The summed E-state index contributed by atoms with van der Waals surface area (Å²) in [5.74, 6) is 0.254. The highest BCUT2D eigenvalue weighted by atomic mass is 19.4. The van der Waals surface area contributed by atoms with E-state index < -0.39 is 17.3 Å². The van der Waals surface area contributed by atoms with Gasteiger partial charge in [0.15, 0.2) is 0 Å². The van der Waals surface area contributed by atoms with Gasteiger partial charge in [0.2, 0.25) is 0 Å². The summed E-state index contributed by atoms with van der Waals surface area (Å²) in [4.78, 5) is 17.3. The number of aryl methyl sites for hydroxylation is 1. The van der Waals surface area contributed by atoms with Gasteiger partial charge in [-0.05, 0) is 66.8 Å². The molecule has 0 aliphatic heterocycles. The first-order valence-electron chi connectivity index (χ1n) is 9.77. The second kappa shape index (κ2) is 7.41. The number of hydrogen-bond acceptors (Lipinski definition) is 3. The van der Waals surface area contributed by atoms with Crippen LogP contribution in [0.1, 0.15) is 39.9 Å². The van der Waals surface area contributed by atoms with Crippen LogP contribution >= 0.6 is 0 Å². The molecule has 0 radical (unpaired) electrons. The predicted octanol–water partition coefficient (Wildman–Crippen LogP) is 5.55. The van der Waals surface area contributed by atoms with Crippen molar-refractivity contribution in [2.45, 2.75) is 31.5 Å². The van der Waals surface area contributed by atoms with Gasteiger partial charge < -0.3 is 10.1 Å². The molecule has 0 bridgehead atoms. The van der Waals surface area contributed by atoms with E-state index in [0.29, 0.717) is 40.6 Å². The molecule has 0 spiro atoms. The number of ether oxygens (including phenoxy) is 1. The Morgan fingerprint density at radius 2 is 1.94 bits per heavy atom. The molecule has 1 fully saturated rings. The lowest BCUT2D eigenvalue weighted by Crippen LogP contribution is -2.35. The molecule has 1 amide bonds. The van der Waals surface area contributed by atoms with Crippen LogP contribution in [0.15, 0.2) is 55.2 Å². The first kappa shape index (κ1) is 20.9. The maximum atomic E-state index is 13.3. The van der Waals surface area contributed by atoms with Crippen LogP contribution in [0.3, 0.4) is 0 Å². The van der Waals surface area contributed by atoms with Crippen molar-refractivity contribution in [1.29, 1.82) is 0 Å². The third-order valence-corrected chi connectivity index (χ3v) is 5.72. The zero-order chi connectivity index (χ0) is 22.4. The molecule has 160 valence electrons. The first-order chi connectivity index (χ1) is 14.6. The molecule has 1 saturated carbocycles. The van der Waals surface area contributed by atoms with Gasteiger partial charge in [-0.1, -0.05) is 18.7 Å². The summed E-state index contributed by atoms with van der Waals surface area (Å²) in [5.41, 5.74) is 0.545. The van der Waals surface area contributed by atoms with Crippen molar-refractivity contribution in [3.8, 4) is 5.75 Å². The Balaban J connectivity index is 1.77. The molecule has 31 heavy (non-hydrogen) atoms. The Bertz CT molecular complexity index is 1200. The molecule has 0 unspecified atom stereocenters. The van der Waals surface area contributed by atoms with E-state index >= 15 is 0 Å². The number of pyridine rings is 1. The van der Waals surface area contributed by atoms with Crippen molar-refractivity contribution in [2.24, 2.45) is 0 Å². The Morgan fingerprint density at radius 1 is 1.19 bits per heavy atom. The third-order valence-electron chi connectivity index (χ3n) is 5.72. The minimum atomic E-state index is -4.56. The monoisotopic (exact) mass is 426 g/mol. The van der Waals surface area contributed by atoms with Crippen LogP contribution in [0, 0.1) is 6.92 Å². The molecule has 1 N–H and O–H groups in total. The summed E-state index contributed by atoms with van der Waals surface area (Å²) in [6, 6.07) is 11.6. The van der Waals surface area contributed by atoms with E-state index in [2.05, 4.69) is 16.9 Å². The fourth-order valence-corrected chi connectivity index (χ4v) is 3.76. The first-order valence-corrected chi connectivity index (χ1v) is 9.77. The molecule has 0 saturated heterocycles. The van der Waals surface area contributed by atoms with Crippen LogP contribution in [0.2, 0.25) is 0 Å². The number of hydrogen-bond donors (Lipinski definition) is 1. The number of rotatable bonds is 5. The van der Waals surface area contributed by atoms with Gasteiger partial charge >= 0.3 is 6.18 Å². The number of amides is 1. The zero-order valence-corrected chi connectivity index (χ0v) is 17.1. The van der Waals surface area contributed by atoms with Gasteiger partial charge in [0.25, 0.3) is 5.91 Å². The summed E-state index contributed by atoms with van der Waals surface area (Å²) in [6.45, 7) is 5.05. The number of carbonyl (C=O) groups is 1. The summed E-state index contributed by atoms with van der Waals surface area (Å²) in [5, 5.41) is 3.77. The average Bonchev–Trinajstić information content (AvgIpc) is 3.52. The van der Waals surface area contributed by atoms with Crippen LogP contribution in [0.5, 0.6) is 5.75 Å². The van der Waals surface area contributed by atoms with Crippen LogP contribution in [0.25, 0.3) is 16.5 Å². The maximum Gasteiger partial charge on any atom is 0.416 e. The molecule has 1 heterocycles. The quantitative estimate of drug-likeness (QED) is 0.582. The van der Waals surface area contributed by atoms with Crippen LogP contribution in [0.4, 0.5) is 13.2 Å². The highest BCUT2D eigenvalue weighted by Gasteiger charge is 2.47. The van der Waals surface area contributed by atoms with E-state index in [1.54, 1.807) is 30.3 Å². The van der Waals surface area contributed by atoms with Crippen molar-refractivity contribution >= 4 is 22.4 Å². The van der Waals surface area contributed by atoms with E-state index in [1.165, 1.54) is 25.4 Å². The van der Waals surface area contributed by atoms with Crippen molar-refractivity contribution < 1.29 is 22.7 Å². The number of benzene rings is 2. The second-order valence-corrected chi connectivity index (χ2v) is 7.79. The lowest BCUT2D eigenvalue weighted by atomic mass is 9.93. The number of aromatic nitrogens is 1. The van der Waals surface area contributed by atoms with Crippen molar-refractivity contribution in [1.82, 2.24) is 10.3 Å². The molecule has 2 aromatic carbocycles. The molecular formula is C24H21F3N2O2. The van der Waals surface area contributed by atoms with E-state index in [9.17, 15) is 18.0 Å². The topological polar surface area (TPSA) is 51.2 Å². The third kappa shape index (κ3) is 3.87. The Kier molecular flexibility index (Phi) is 5.00. The minimum Gasteiger partial charge on any atom is -0.497 e. The van der Waals surface area contributed by atoms with Crippen molar-refractivity contribution in [2.75, 3.05) is 7.11 Å². The maximum absolute atomic E-state index is 13.3. The SMILES string of the molecule is C=C(c1cc(C2(NC(=O)c3cc(OC)ccc3C)CC2)c2cccnc2c1)C(F)(F)F. The van der Waals surface area contributed by atoms with Crippen molar-refractivity contribution in [3.05, 3.63) is 77.5 Å². The second-order valence-electron chi connectivity index (χ2n) is 7.79. The molecule has 1 aliphatic carbocycles. The van der Waals surface area contributed by atoms with Gasteiger partial charge in [0.05, 0.1) is 23.7 Å². The average molecular weight is 426 g/mol. The number of nitrogens with zero attached hydrogens (tertiary/aromatic N) is 1. The summed E-state index contributed by atoms with van der Waals surface area (Å²) in [6.07, 6.45) is -1.79. The largest absolute Gasteiger partial charge is 0.497 e. The summed E-state index contributed by atoms with van der Waals surface area (Å²) >= 11 is 0. The van der Waals surface area contributed by atoms with Crippen LogP contribution < -0.4 is 10.1 Å². The molecule has 0 atom stereocenters. The molecule has 4 rings (SSSR count). The lowest BCUT2D eigenvalue weighted by molar-refractivity contribution is -0.0686. The van der Waals surface area contributed by atoms with E-state index in [1.807, 2.05) is 6.92 Å². The van der Waals surface area contributed by atoms with Gasteiger partial charge in [-0.3, -0.25) is 9.78 Å². The van der Waals surface area contributed by atoms with E-state index in [0.717, 1.165) is 5.56 Å². The molecular weight excluding hydrogens is 405 g/mol. The van der Waals surface area contributed by atoms with Gasteiger partial charge in [0.1, 0.15) is 5.75 Å². The number of fused-ring (bicyclic) bond motifs is 1. The van der Waals surface area contributed by atoms with Crippen LogP contribution in [-0.2, 0) is 5.54 Å². The number of allylic oxidation sites excluding steroid dienone is 1. The normalized spacial score (nSPS) is 14.9. The standard InChI is InChI=1S/C24H21F3N2O2/c1-14-6-7-17(31-3)13-19(14)22(30)29-23(8-9-23)20-11-16(15(2)24(25,26)27)12-21-18(20)5-4-10-28-21/h4-7,10-13H,2,8-9H2,1,3H3,(H,29,30). The van der Waals surface area contributed by atoms with Gasteiger partial charge in [-0.2, -0.15) is 13.2 Å². The smallest absolute Gasteiger partial charge is 0.416 e. The van der Waals surface area contributed by atoms with Gasteiger partial charge in [0, 0.05) is 17.1 Å². The molecule has 4 nitrogen and oxygen atoms in total. The highest BCUT2D eigenvalue weighted by molar-refractivity contribution is 5.97. The molecule has 3 aromatic rings. The molecule has 1 aromatic heterocycles. The van der Waals surface area contributed by atoms with E-state index in [4.69, 9.17) is 4.74 Å². The summed E-state index contributed by atoms with van der Waals surface area (Å²) in [7, 11) is 1.52. The molecule has 1 aliphatic rings. The minimum absolute atomic E-state index is 0.0493. The van der Waals surface area contributed by atoms with E-state index in [-0.39, 0.29) is 11.5 Å². The van der Waals surface area contributed by atoms with Gasteiger partial charge in [-0.15, -0.1) is 0 Å². The Morgan fingerprint density at radius 3 is 2.58 bits per heavy atom. The Hall–Kier alpha value is -3.35. The highest BCUT2D eigenvalue weighted by Crippen LogP contribution is 2.49. The number of nitrogens with one attached hydrogen (secondary N) is 1. The summed E-state index contributed by atoms with van der Waals surface area (Å²) < 4.78 is 45.2. The molecule has 7 heteroatoms. The number of carbonyl (C=O) groups excluding carboxylic acids is 1.